The van der Waals surface area contributed by atoms with Crippen molar-refractivity contribution in [2.75, 3.05) is 12.4 Å². The summed E-state index contributed by atoms with van der Waals surface area (Å²) in [5, 5.41) is 13.7. The molecule has 1 unspecified atom stereocenters. The van der Waals surface area contributed by atoms with Crippen molar-refractivity contribution in [3.63, 3.8) is 0 Å². The second-order valence-corrected chi connectivity index (χ2v) is 4.31. The Hall–Kier alpha value is -2.21. The Morgan fingerprint density at radius 1 is 1.37 bits per heavy atom. The highest BCUT2D eigenvalue weighted by Gasteiger charge is 2.15. The summed E-state index contributed by atoms with van der Waals surface area (Å²) in [6.07, 6.45) is 1.63. The van der Waals surface area contributed by atoms with E-state index in [1.165, 1.54) is 0 Å². The van der Waals surface area contributed by atoms with Gasteiger partial charge in [-0.3, -0.25) is 4.79 Å². The molecule has 100 valence electrons. The number of aromatic nitrogens is 3. The van der Waals surface area contributed by atoms with E-state index in [4.69, 9.17) is 0 Å². The van der Waals surface area contributed by atoms with Crippen LogP contribution in [0, 0.1) is 0 Å². The van der Waals surface area contributed by atoms with E-state index in [1.807, 2.05) is 35.9 Å². The quantitative estimate of drug-likeness (QED) is 0.860. The normalized spacial score (nSPS) is 12.2. The van der Waals surface area contributed by atoms with Gasteiger partial charge < -0.3 is 15.2 Å². The zero-order valence-corrected chi connectivity index (χ0v) is 11.2. The Morgan fingerprint density at radius 3 is 2.74 bits per heavy atom. The summed E-state index contributed by atoms with van der Waals surface area (Å²) in [4.78, 5) is 11.9. The molecule has 19 heavy (non-hydrogen) atoms. The molecule has 1 atom stereocenters. The van der Waals surface area contributed by atoms with Crippen LogP contribution in [0.1, 0.15) is 6.92 Å². The van der Waals surface area contributed by atoms with Crippen molar-refractivity contribution in [1.29, 1.82) is 0 Å². The molecular formula is C13H17N5O. The van der Waals surface area contributed by atoms with Crippen LogP contribution in [0.3, 0.4) is 0 Å². The first-order valence-electron chi connectivity index (χ1n) is 6.05. The largest absolute Gasteiger partial charge is 0.324 e. The van der Waals surface area contributed by atoms with Gasteiger partial charge in [-0.15, -0.1) is 10.2 Å². The van der Waals surface area contributed by atoms with Crippen LogP contribution in [0.25, 0.3) is 11.4 Å². The van der Waals surface area contributed by atoms with Gasteiger partial charge >= 0.3 is 0 Å². The third-order valence-electron chi connectivity index (χ3n) is 2.96. The molecule has 6 nitrogen and oxygen atoms in total. The predicted octanol–water partition coefficient (Wildman–Crippen LogP) is 1.03. The van der Waals surface area contributed by atoms with Crippen LogP contribution < -0.4 is 10.6 Å². The Bertz CT molecular complexity index is 578. The molecule has 2 rings (SSSR count). The lowest BCUT2D eigenvalue weighted by Gasteiger charge is -2.13. The van der Waals surface area contributed by atoms with Gasteiger partial charge in [0, 0.05) is 12.6 Å². The topological polar surface area (TPSA) is 71.8 Å². The Kier molecular flexibility index (Phi) is 3.91. The van der Waals surface area contributed by atoms with E-state index in [-0.39, 0.29) is 11.9 Å². The number of likely N-dealkylation sites (N-methyl/N-ethyl adjacent to an activating group) is 1. The van der Waals surface area contributed by atoms with Gasteiger partial charge in [0.15, 0.2) is 5.82 Å². The van der Waals surface area contributed by atoms with E-state index >= 15 is 0 Å². The van der Waals surface area contributed by atoms with Crippen LogP contribution in [0.15, 0.2) is 30.6 Å². The van der Waals surface area contributed by atoms with Crippen LogP contribution in [0.4, 0.5) is 5.69 Å². The zero-order valence-electron chi connectivity index (χ0n) is 11.2. The average molecular weight is 259 g/mol. The van der Waals surface area contributed by atoms with Gasteiger partial charge in [-0.05, 0) is 26.1 Å². The second-order valence-electron chi connectivity index (χ2n) is 4.31. The molecule has 0 bridgehead atoms. The number of hydrogen-bond donors (Lipinski definition) is 2. The maximum atomic E-state index is 11.9. The number of carbonyl (C=O) groups excluding carboxylic acids is 1. The van der Waals surface area contributed by atoms with Gasteiger partial charge in [0.1, 0.15) is 6.33 Å². The van der Waals surface area contributed by atoms with Crippen LogP contribution in [-0.4, -0.2) is 33.8 Å². The van der Waals surface area contributed by atoms with Crippen molar-refractivity contribution < 1.29 is 4.79 Å². The number of rotatable bonds is 4. The SMILES string of the molecule is CNC(C)C(=O)Nc1ccccc1-c1nncn1C. The smallest absolute Gasteiger partial charge is 0.241 e. The second kappa shape index (κ2) is 5.62. The highest BCUT2D eigenvalue weighted by atomic mass is 16.2. The summed E-state index contributed by atoms with van der Waals surface area (Å²) in [6, 6.07) is 7.28. The number of hydrogen-bond acceptors (Lipinski definition) is 4. The Labute approximate surface area is 111 Å². The van der Waals surface area contributed by atoms with Crippen molar-refractivity contribution in [1.82, 2.24) is 20.1 Å². The molecule has 0 fully saturated rings. The fourth-order valence-corrected chi connectivity index (χ4v) is 1.69. The Balaban J connectivity index is 2.32. The standard InChI is InChI=1S/C13H17N5O/c1-9(14-2)13(19)16-11-7-5-4-6-10(11)12-17-15-8-18(12)3/h4-9,14H,1-3H3,(H,16,19). The van der Waals surface area contributed by atoms with E-state index in [0.29, 0.717) is 5.82 Å². The van der Waals surface area contributed by atoms with Gasteiger partial charge in [0.25, 0.3) is 0 Å². The highest BCUT2D eigenvalue weighted by Crippen LogP contribution is 2.25. The molecule has 0 aliphatic heterocycles. The van der Waals surface area contributed by atoms with Gasteiger partial charge in [-0.2, -0.15) is 0 Å². The molecular weight excluding hydrogens is 242 g/mol. The number of nitrogens with one attached hydrogen (secondary N) is 2. The summed E-state index contributed by atoms with van der Waals surface area (Å²) in [7, 11) is 3.61. The maximum absolute atomic E-state index is 11.9. The average Bonchev–Trinajstić information content (AvgIpc) is 2.84. The summed E-state index contributed by atoms with van der Waals surface area (Å²) >= 11 is 0. The molecule has 1 heterocycles. The molecule has 0 aliphatic carbocycles. The summed E-state index contributed by atoms with van der Waals surface area (Å²) < 4.78 is 1.81. The van der Waals surface area contributed by atoms with Crippen LogP contribution in [-0.2, 0) is 11.8 Å². The molecule has 0 aliphatic rings. The van der Waals surface area contributed by atoms with Crippen molar-refractivity contribution >= 4 is 11.6 Å². The minimum absolute atomic E-state index is 0.0860. The van der Waals surface area contributed by atoms with Gasteiger partial charge in [-0.25, -0.2) is 0 Å². The number of para-hydroxylation sites is 1. The molecule has 0 spiro atoms. The lowest BCUT2D eigenvalue weighted by Crippen LogP contribution is -2.35. The summed E-state index contributed by atoms with van der Waals surface area (Å²) in [6.45, 7) is 1.81. The van der Waals surface area contributed by atoms with Crippen LogP contribution in [0.2, 0.25) is 0 Å². The molecule has 0 saturated heterocycles. The van der Waals surface area contributed by atoms with Crippen molar-refractivity contribution in [2.24, 2.45) is 7.05 Å². The van der Waals surface area contributed by atoms with Crippen LogP contribution in [0.5, 0.6) is 0 Å². The predicted molar refractivity (Wildman–Crippen MR) is 73.6 cm³/mol. The van der Waals surface area contributed by atoms with Gasteiger partial charge in [-0.1, -0.05) is 12.1 Å². The number of amides is 1. The number of anilines is 1. The highest BCUT2D eigenvalue weighted by molar-refractivity contribution is 5.97. The third-order valence-corrected chi connectivity index (χ3v) is 2.96. The molecule has 2 aromatic rings. The van der Waals surface area contributed by atoms with Gasteiger partial charge in [0.2, 0.25) is 5.91 Å². The fraction of sp³-hybridized carbons (Fsp3) is 0.308. The number of benzene rings is 1. The summed E-state index contributed by atoms with van der Waals surface area (Å²) in [5.74, 6) is 0.630. The number of nitrogens with zero attached hydrogens (tertiary/aromatic N) is 3. The van der Waals surface area contributed by atoms with Crippen molar-refractivity contribution in [3.05, 3.63) is 30.6 Å². The molecule has 1 amide bonds. The molecule has 1 aromatic heterocycles. The Morgan fingerprint density at radius 2 is 2.11 bits per heavy atom. The third kappa shape index (κ3) is 2.79. The molecule has 6 heteroatoms. The van der Waals surface area contributed by atoms with Crippen LogP contribution >= 0.6 is 0 Å². The first-order chi connectivity index (χ1) is 9.13. The monoisotopic (exact) mass is 259 g/mol. The first-order valence-corrected chi connectivity index (χ1v) is 6.05. The van der Waals surface area contributed by atoms with Crippen molar-refractivity contribution in [2.45, 2.75) is 13.0 Å². The fourth-order valence-electron chi connectivity index (χ4n) is 1.69. The van der Waals surface area contributed by atoms with Crippen molar-refractivity contribution in [3.8, 4) is 11.4 Å². The van der Waals surface area contributed by atoms with Gasteiger partial charge in [0.05, 0.1) is 11.7 Å². The molecule has 0 saturated carbocycles. The van der Waals surface area contributed by atoms with E-state index in [0.717, 1.165) is 11.3 Å². The number of aryl methyl sites for hydroxylation is 1. The molecule has 2 N–H and O–H groups in total. The molecule has 0 radical (unpaired) electrons. The van der Waals surface area contributed by atoms with E-state index in [2.05, 4.69) is 20.8 Å². The minimum Gasteiger partial charge on any atom is -0.324 e. The number of carbonyl (C=O) groups is 1. The maximum Gasteiger partial charge on any atom is 0.241 e. The minimum atomic E-state index is -0.257. The van der Waals surface area contributed by atoms with E-state index in [9.17, 15) is 4.79 Å². The van der Waals surface area contributed by atoms with E-state index in [1.54, 1.807) is 20.3 Å². The lowest BCUT2D eigenvalue weighted by molar-refractivity contribution is -0.117. The van der Waals surface area contributed by atoms with E-state index < -0.39 is 0 Å². The zero-order chi connectivity index (χ0) is 13.8. The first kappa shape index (κ1) is 13.2. The molecule has 1 aromatic carbocycles. The lowest BCUT2D eigenvalue weighted by atomic mass is 10.1. The summed E-state index contributed by atoms with van der Waals surface area (Å²) in [5.41, 5.74) is 1.57.